The molecule has 0 amide bonds. The van der Waals surface area contributed by atoms with Crippen LogP contribution in [0.5, 0.6) is 0 Å². The molecule has 8 aromatic rings. The van der Waals surface area contributed by atoms with E-state index in [9.17, 15) is 0 Å². The van der Waals surface area contributed by atoms with Gasteiger partial charge in [-0.05, 0) is 124 Å². The highest BCUT2D eigenvalue weighted by Crippen LogP contribution is 2.52. The SMILES string of the molecule is Cc1c2cccc1N1c3cc(ccc3[B]c3ccc(-n4c5ccccc5c5ccccc54)cc3N2C2=CC(C)CC=C2c2ccc(C(C)(C)C)cc2)C2=CC(c3ccccc31)C(C)C=C2C(C)(C)C. The molecule has 0 N–H and O–H groups in total. The highest BCUT2D eigenvalue weighted by Gasteiger charge is 2.36. The van der Waals surface area contributed by atoms with Crippen molar-refractivity contribution in [2.75, 3.05) is 9.80 Å². The Hall–Kier alpha value is -7.04. The quantitative estimate of drug-likeness (QED) is 0.164. The first kappa shape index (κ1) is 43.3. The summed E-state index contributed by atoms with van der Waals surface area (Å²) in [6.07, 6.45) is 11.2. The van der Waals surface area contributed by atoms with Crippen LogP contribution in [0, 0.1) is 24.2 Å². The average Bonchev–Trinajstić information content (AvgIpc) is 3.68. The van der Waals surface area contributed by atoms with Crippen molar-refractivity contribution in [3.05, 3.63) is 215 Å². The molecule has 7 aromatic carbocycles. The Labute approximate surface area is 410 Å². The molecule has 1 aromatic heterocycles. The van der Waals surface area contributed by atoms with Gasteiger partial charge >= 0.3 is 0 Å². The Balaban J connectivity index is 1.16. The molecule has 3 unspecified atom stereocenters. The van der Waals surface area contributed by atoms with Gasteiger partial charge < -0.3 is 14.4 Å². The summed E-state index contributed by atoms with van der Waals surface area (Å²) in [7, 11) is 2.46. The van der Waals surface area contributed by atoms with Crippen LogP contribution in [0.3, 0.4) is 0 Å². The molecule has 339 valence electrons. The van der Waals surface area contributed by atoms with Crippen LogP contribution in [-0.2, 0) is 5.41 Å². The molecule has 2 aliphatic heterocycles. The lowest BCUT2D eigenvalue weighted by Gasteiger charge is -2.38. The maximum Gasteiger partial charge on any atom is 0.197 e. The van der Waals surface area contributed by atoms with E-state index >= 15 is 0 Å². The van der Waals surface area contributed by atoms with E-state index in [0.717, 1.165) is 23.3 Å². The van der Waals surface area contributed by atoms with E-state index in [1.54, 1.807) is 0 Å². The first-order valence-corrected chi connectivity index (χ1v) is 25.1. The fraction of sp³-hybridized carbons (Fsp3) is 0.231. The van der Waals surface area contributed by atoms with E-state index in [2.05, 4.69) is 260 Å². The van der Waals surface area contributed by atoms with E-state index in [1.807, 2.05) is 0 Å². The number of allylic oxidation sites excluding steroid dienone is 7. The largest absolute Gasteiger partial charge is 0.310 e. The topological polar surface area (TPSA) is 11.4 Å². The number of para-hydroxylation sites is 3. The number of aromatic nitrogens is 1. The second-order valence-electron chi connectivity index (χ2n) is 22.2. The Kier molecular flexibility index (Phi) is 10.0. The standard InChI is InChI=1S/C65H61BN3/c1-40-25-32-47(43-26-29-45(30-27-43)64(4,5)6)61(35-40)69-57-24-16-23-56(42(57)3)68-60-22-15-12-19-50(60)51-39-52(53(36-41(51)2)65(7,8)9)44-28-33-54(62(68)37-44)66-55-34-31-46(38-63(55)69)67-58-20-13-10-17-48(58)49-18-11-14-21-59(49)67/h10-24,26-41,51H,25H2,1-9H3. The van der Waals surface area contributed by atoms with Crippen LogP contribution in [0.15, 0.2) is 187 Å². The summed E-state index contributed by atoms with van der Waals surface area (Å²) in [6, 6.07) is 57.7. The fourth-order valence-corrected chi connectivity index (χ4v) is 11.8. The van der Waals surface area contributed by atoms with Crippen molar-refractivity contribution in [2.24, 2.45) is 17.3 Å². The second kappa shape index (κ2) is 16.0. The second-order valence-corrected chi connectivity index (χ2v) is 22.2. The number of hydrogen-bond acceptors (Lipinski definition) is 2. The molecule has 0 spiro atoms. The minimum Gasteiger partial charge on any atom is -0.310 e. The minimum atomic E-state index is -0.0151. The summed E-state index contributed by atoms with van der Waals surface area (Å²) < 4.78 is 2.46. The lowest BCUT2D eigenvalue weighted by atomic mass is 9.61. The van der Waals surface area contributed by atoms with Crippen molar-refractivity contribution >= 4 is 79.6 Å². The summed E-state index contributed by atoms with van der Waals surface area (Å²) in [5.74, 6) is 0.884. The van der Waals surface area contributed by atoms with E-state index < -0.39 is 0 Å². The Morgan fingerprint density at radius 3 is 1.83 bits per heavy atom. The summed E-state index contributed by atoms with van der Waals surface area (Å²) in [4.78, 5) is 5.21. The molecule has 3 atom stereocenters. The van der Waals surface area contributed by atoms with E-state index in [0.29, 0.717) is 11.8 Å². The number of anilines is 5. The molecule has 69 heavy (non-hydrogen) atoms. The van der Waals surface area contributed by atoms with Gasteiger partial charge in [-0.2, -0.15) is 0 Å². The zero-order chi connectivity index (χ0) is 47.5. The van der Waals surface area contributed by atoms with Gasteiger partial charge in [0.1, 0.15) is 0 Å². The van der Waals surface area contributed by atoms with Crippen molar-refractivity contribution in [3.63, 3.8) is 0 Å². The average molecular weight is 895 g/mol. The summed E-state index contributed by atoms with van der Waals surface area (Å²) in [6.45, 7) is 21.1. The number of nitrogens with zero attached hydrogens (tertiary/aromatic N) is 3. The van der Waals surface area contributed by atoms with Gasteiger partial charge in [0.2, 0.25) is 0 Å². The van der Waals surface area contributed by atoms with Gasteiger partial charge in [0.25, 0.3) is 0 Å². The molecule has 6 bridgehead atoms. The molecule has 12 rings (SSSR count). The van der Waals surface area contributed by atoms with E-state index in [-0.39, 0.29) is 16.7 Å². The minimum absolute atomic E-state index is 0.0151. The number of hydrogen-bond donors (Lipinski definition) is 0. The van der Waals surface area contributed by atoms with Gasteiger partial charge in [0.05, 0.1) is 22.4 Å². The third kappa shape index (κ3) is 7.09. The summed E-state index contributed by atoms with van der Waals surface area (Å²) >= 11 is 0. The molecule has 0 saturated heterocycles. The maximum absolute atomic E-state index is 2.61. The Bertz CT molecular complexity index is 3470. The Morgan fingerprint density at radius 2 is 1.13 bits per heavy atom. The van der Waals surface area contributed by atoms with Crippen LogP contribution in [0.25, 0.3) is 38.6 Å². The monoisotopic (exact) mass is 894 g/mol. The molecule has 3 heterocycles. The highest BCUT2D eigenvalue weighted by molar-refractivity contribution is 6.70. The van der Waals surface area contributed by atoms with Crippen molar-refractivity contribution in [3.8, 4) is 5.69 Å². The van der Waals surface area contributed by atoms with Crippen molar-refractivity contribution in [1.29, 1.82) is 0 Å². The molecular weight excluding hydrogens is 834 g/mol. The van der Waals surface area contributed by atoms with Gasteiger partial charge in [-0.15, -0.1) is 0 Å². The van der Waals surface area contributed by atoms with Crippen molar-refractivity contribution < 1.29 is 0 Å². The summed E-state index contributed by atoms with van der Waals surface area (Å²) in [5.41, 5.74) is 23.5. The first-order valence-electron chi connectivity index (χ1n) is 25.1. The molecule has 4 aliphatic rings. The smallest absolute Gasteiger partial charge is 0.197 e. The number of fused-ring (bicyclic) bond motifs is 13. The first-order chi connectivity index (χ1) is 33.2. The lowest BCUT2D eigenvalue weighted by Crippen LogP contribution is -2.37. The van der Waals surface area contributed by atoms with Crippen LogP contribution in [0.2, 0.25) is 0 Å². The fourth-order valence-electron chi connectivity index (χ4n) is 11.8. The lowest BCUT2D eigenvalue weighted by molar-refractivity contribution is 0.501. The predicted octanol–water partition coefficient (Wildman–Crippen LogP) is 16.1. The maximum atomic E-state index is 2.61. The number of rotatable bonds is 3. The van der Waals surface area contributed by atoms with Crippen molar-refractivity contribution in [2.45, 2.75) is 80.1 Å². The van der Waals surface area contributed by atoms with Crippen molar-refractivity contribution in [1.82, 2.24) is 4.57 Å². The van der Waals surface area contributed by atoms with Gasteiger partial charge in [0.15, 0.2) is 7.28 Å². The normalized spacial score (nSPS) is 18.7. The third-order valence-electron chi connectivity index (χ3n) is 15.4. The molecule has 3 nitrogen and oxygen atoms in total. The molecule has 2 aliphatic carbocycles. The molecule has 0 fully saturated rings. The summed E-state index contributed by atoms with van der Waals surface area (Å²) in [5, 5.41) is 2.52. The van der Waals surface area contributed by atoms with Crippen LogP contribution < -0.4 is 20.7 Å². The van der Waals surface area contributed by atoms with Gasteiger partial charge in [-0.1, -0.05) is 194 Å². The molecule has 4 heteroatoms. The van der Waals surface area contributed by atoms with Crippen LogP contribution in [-0.4, -0.2) is 11.8 Å². The van der Waals surface area contributed by atoms with E-state index in [1.165, 1.54) is 100 Å². The van der Waals surface area contributed by atoms with E-state index in [4.69, 9.17) is 0 Å². The molecular formula is C65H61BN3. The van der Waals surface area contributed by atoms with Gasteiger partial charge in [0, 0.05) is 50.7 Å². The zero-order valence-corrected chi connectivity index (χ0v) is 41.6. The predicted molar refractivity (Wildman–Crippen MR) is 296 cm³/mol. The molecule has 1 radical (unpaired) electrons. The van der Waals surface area contributed by atoms with Gasteiger partial charge in [-0.25, -0.2) is 0 Å². The zero-order valence-electron chi connectivity index (χ0n) is 41.6. The highest BCUT2D eigenvalue weighted by atomic mass is 15.2. The van der Waals surface area contributed by atoms with Gasteiger partial charge in [-0.3, -0.25) is 0 Å². The van der Waals surface area contributed by atoms with Crippen LogP contribution in [0.1, 0.15) is 95.5 Å². The molecule has 0 saturated carbocycles. The number of benzene rings is 7. The van der Waals surface area contributed by atoms with Crippen LogP contribution >= 0.6 is 0 Å². The van der Waals surface area contributed by atoms with Crippen LogP contribution in [0.4, 0.5) is 28.4 Å². The third-order valence-corrected chi connectivity index (χ3v) is 15.4. The Morgan fingerprint density at radius 1 is 0.522 bits per heavy atom.